The zero-order valence-corrected chi connectivity index (χ0v) is 11.9. The Hall–Kier alpha value is -2.89. The molecular formula is C16H15FN2O3. The van der Waals surface area contributed by atoms with Gasteiger partial charge in [0.05, 0.1) is 6.61 Å². The third-order valence-corrected chi connectivity index (χ3v) is 2.75. The molecule has 0 unspecified atom stereocenters. The lowest BCUT2D eigenvalue weighted by atomic mass is 10.2. The first-order valence-electron chi connectivity index (χ1n) is 6.69. The van der Waals surface area contributed by atoms with Crippen molar-refractivity contribution in [3.8, 4) is 0 Å². The molecule has 0 atom stereocenters. The molecule has 0 saturated carbocycles. The van der Waals surface area contributed by atoms with E-state index in [9.17, 15) is 14.0 Å². The average Bonchev–Trinajstić information content (AvgIpc) is 2.50. The van der Waals surface area contributed by atoms with Gasteiger partial charge in [-0.15, -0.1) is 0 Å². The van der Waals surface area contributed by atoms with Gasteiger partial charge < -0.3 is 10.1 Å². The summed E-state index contributed by atoms with van der Waals surface area (Å²) in [5.41, 5.74) is 1.29. The fraction of sp³-hybridized carbons (Fsp3) is 0.125. The van der Waals surface area contributed by atoms with Crippen LogP contribution in [0.5, 0.6) is 0 Å². The zero-order valence-electron chi connectivity index (χ0n) is 11.9. The predicted octanol–water partition coefficient (Wildman–Crippen LogP) is 3.65. The minimum atomic E-state index is -0.585. The maximum Gasteiger partial charge on any atom is 0.411 e. The van der Waals surface area contributed by atoms with Gasteiger partial charge in [0.15, 0.2) is 0 Å². The highest BCUT2D eigenvalue weighted by Gasteiger charge is 2.08. The maximum absolute atomic E-state index is 12.8. The first-order chi connectivity index (χ1) is 10.6. The van der Waals surface area contributed by atoms with Crippen LogP contribution in [0.2, 0.25) is 0 Å². The fourth-order valence-electron chi connectivity index (χ4n) is 1.76. The molecule has 0 heterocycles. The maximum atomic E-state index is 12.8. The van der Waals surface area contributed by atoms with Crippen LogP contribution in [-0.4, -0.2) is 18.6 Å². The Balaban J connectivity index is 2.06. The van der Waals surface area contributed by atoms with Gasteiger partial charge in [0, 0.05) is 16.9 Å². The molecule has 0 aliphatic carbocycles. The molecule has 0 spiro atoms. The molecular weight excluding hydrogens is 287 g/mol. The monoisotopic (exact) mass is 302 g/mol. The van der Waals surface area contributed by atoms with Crippen LogP contribution in [0.25, 0.3) is 0 Å². The number of rotatable bonds is 4. The van der Waals surface area contributed by atoms with Crippen molar-refractivity contribution >= 4 is 23.4 Å². The van der Waals surface area contributed by atoms with E-state index in [0.717, 1.165) is 0 Å². The van der Waals surface area contributed by atoms with Crippen LogP contribution in [0.3, 0.4) is 0 Å². The number of hydrogen-bond donors (Lipinski definition) is 2. The Kier molecular flexibility index (Phi) is 5.08. The van der Waals surface area contributed by atoms with E-state index in [0.29, 0.717) is 16.9 Å². The number of anilines is 2. The van der Waals surface area contributed by atoms with E-state index in [1.54, 1.807) is 25.1 Å². The van der Waals surface area contributed by atoms with Crippen molar-refractivity contribution in [3.05, 3.63) is 59.9 Å². The SMILES string of the molecule is CCOC(=O)Nc1cccc(C(=O)Nc2ccc(F)cc2)c1. The van der Waals surface area contributed by atoms with Crippen molar-refractivity contribution in [1.29, 1.82) is 0 Å². The highest BCUT2D eigenvalue weighted by atomic mass is 19.1. The van der Waals surface area contributed by atoms with E-state index < -0.39 is 6.09 Å². The number of carbonyl (C=O) groups excluding carboxylic acids is 2. The number of nitrogens with one attached hydrogen (secondary N) is 2. The smallest absolute Gasteiger partial charge is 0.411 e. The van der Waals surface area contributed by atoms with Crippen LogP contribution in [0.1, 0.15) is 17.3 Å². The summed E-state index contributed by atoms with van der Waals surface area (Å²) in [7, 11) is 0. The molecule has 0 aliphatic rings. The molecule has 0 aliphatic heterocycles. The van der Waals surface area contributed by atoms with E-state index in [1.165, 1.54) is 30.3 Å². The van der Waals surface area contributed by atoms with Gasteiger partial charge in [0.2, 0.25) is 0 Å². The van der Waals surface area contributed by atoms with Gasteiger partial charge in [-0.3, -0.25) is 10.1 Å². The van der Waals surface area contributed by atoms with Crippen molar-refractivity contribution in [2.24, 2.45) is 0 Å². The van der Waals surface area contributed by atoms with Crippen molar-refractivity contribution in [1.82, 2.24) is 0 Å². The third-order valence-electron chi connectivity index (χ3n) is 2.75. The van der Waals surface area contributed by atoms with Crippen molar-refractivity contribution in [3.63, 3.8) is 0 Å². The number of amides is 2. The Bertz CT molecular complexity index is 671. The Morgan fingerprint density at radius 3 is 2.45 bits per heavy atom. The summed E-state index contributed by atoms with van der Waals surface area (Å²) >= 11 is 0. The van der Waals surface area contributed by atoms with Crippen LogP contribution in [0, 0.1) is 5.82 Å². The van der Waals surface area contributed by atoms with E-state index in [1.807, 2.05) is 0 Å². The van der Waals surface area contributed by atoms with Gasteiger partial charge in [0.1, 0.15) is 5.82 Å². The predicted molar refractivity (Wildman–Crippen MR) is 81.4 cm³/mol. The first kappa shape index (κ1) is 15.5. The summed E-state index contributed by atoms with van der Waals surface area (Å²) in [6, 6.07) is 11.9. The molecule has 5 nitrogen and oxygen atoms in total. The molecule has 0 radical (unpaired) electrons. The summed E-state index contributed by atoms with van der Waals surface area (Å²) in [4.78, 5) is 23.5. The van der Waals surface area contributed by atoms with Gasteiger partial charge in [-0.05, 0) is 49.4 Å². The number of halogens is 1. The zero-order chi connectivity index (χ0) is 15.9. The molecule has 0 bridgehead atoms. The van der Waals surface area contributed by atoms with Gasteiger partial charge in [-0.1, -0.05) is 6.07 Å². The number of benzene rings is 2. The van der Waals surface area contributed by atoms with Crippen LogP contribution in [0.15, 0.2) is 48.5 Å². The standard InChI is InChI=1S/C16H15FN2O3/c1-2-22-16(21)19-14-5-3-4-11(10-14)15(20)18-13-8-6-12(17)7-9-13/h3-10H,2H2,1H3,(H,18,20)(H,19,21). The minimum absolute atomic E-state index is 0.260. The summed E-state index contributed by atoms with van der Waals surface area (Å²) in [6.07, 6.45) is -0.585. The molecule has 2 N–H and O–H groups in total. The first-order valence-corrected chi connectivity index (χ1v) is 6.69. The van der Waals surface area contributed by atoms with Gasteiger partial charge in [-0.25, -0.2) is 9.18 Å². The Morgan fingerprint density at radius 2 is 1.77 bits per heavy atom. The van der Waals surface area contributed by atoms with Crippen LogP contribution in [0.4, 0.5) is 20.6 Å². The van der Waals surface area contributed by atoms with E-state index in [2.05, 4.69) is 10.6 Å². The molecule has 2 aromatic carbocycles. The topological polar surface area (TPSA) is 67.4 Å². The van der Waals surface area contributed by atoms with Gasteiger partial charge in [0.25, 0.3) is 5.91 Å². The lowest BCUT2D eigenvalue weighted by molar-refractivity contribution is 0.102. The van der Waals surface area contributed by atoms with Gasteiger partial charge in [-0.2, -0.15) is 0 Å². The summed E-state index contributed by atoms with van der Waals surface area (Å²) < 4.78 is 17.6. The molecule has 114 valence electrons. The van der Waals surface area contributed by atoms with E-state index in [4.69, 9.17) is 4.74 Å². The lowest BCUT2D eigenvalue weighted by Crippen LogP contribution is -2.15. The fourth-order valence-corrected chi connectivity index (χ4v) is 1.76. The molecule has 2 rings (SSSR count). The molecule has 22 heavy (non-hydrogen) atoms. The molecule has 2 amide bonds. The second kappa shape index (κ2) is 7.21. The van der Waals surface area contributed by atoms with Crippen LogP contribution >= 0.6 is 0 Å². The van der Waals surface area contributed by atoms with Crippen molar-refractivity contribution < 1.29 is 18.7 Å². The number of ether oxygens (including phenoxy) is 1. The highest BCUT2D eigenvalue weighted by Crippen LogP contribution is 2.14. The molecule has 2 aromatic rings. The van der Waals surface area contributed by atoms with Gasteiger partial charge >= 0.3 is 6.09 Å². The van der Waals surface area contributed by atoms with Crippen molar-refractivity contribution in [2.45, 2.75) is 6.92 Å². The average molecular weight is 302 g/mol. The Labute approximate surface area is 127 Å². The summed E-state index contributed by atoms with van der Waals surface area (Å²) in [5, 5.41) is 5.16. The molecule has 0 aromatic heterocycles. The quantitative estimate of drug-likeness (QED) is 0.906. The number of carbonyl (C=O) groups is 2. The normalized spacial score (nSPS) is 9.91. The second-order valence-electron chi connectivity index (χ2n) is 4.39. The molecule has 6 heteroatoms. The number of hydrogen-bond acceptors (Lipinski definition) is 3. The van der Waals surface area contributed by atoms with E-state index >= 15 is 0 Å². The van der Waals surface area contributed by atoms with Crippen LogP contribution in [-0.2, 0) is 4.74 Å². The largest absolute Gasteiger partial charge is 0.450 e. The Morgan fingerprint density at radius 1 is 1.05 bits per heavy atom. The van der Waals surface area contributed by atoms with Crippen molar-refractivity contribution in [2.75, 3.05) is 17.2 Å². The lowest BCUT2D eigenvalue weighted by Gasteiger charge is -2.08. The highest BCUT2D eigenvalue weighted by molar-refractivity contribution is 6.05. The summed E-state index contributed by atoms with van der Waals surface area (Å²) in [5.74, 6) is -0.738. The molecule has 0 fully saturated rings. The second-order valence-corrected chi connectivity index (χ2v) is 4.39. The molecule has 0 saturated heterocycles. The minimum Gasteiger partial charge on any atom is -0.450 e. The van der Waals surface area contributed by atoms with Crippen LogP contribution < -0.4 is 10.6 Å². The summed E-state index contributed by atoms with van der Waals surface area (Å²) in [6.45, 7) is 1.96. The van der Waals surface area contributed by atoms with E-state index in [-0.39, 0.29) is 18.3 Å². The third kappa shape index (κ3) is 4.31.